The standard InChI is InChI=1S/C12H14N4/c1-8(2)15-10-6-4-5-7-11(10)16-12(15)13-9(3)14-16/h4-8H,1-3H3. The summed E-state index contributed by atoms with van der Waals surface area (Å²) >= 11 is 0. The molecule has 0 saturated heterocycles. The van der Waals surface area contributed by atoms with Crippen molar-refractivity contribution in [1.82, 2.24) is 19.2 Å². The molecule has 82 valence electrons. The van der Waals surface area contributed by atoms with Crippen molar-refractivity contribution >= 4 is 16.8 Å². The molecule has 0 atom stereocenters. The second-order valence-corrected chi connectivity index (χ2v) is 4.32. The van der Waals surface area contributed by atoms with Crippen LogP contribution >= 0.6 is 0 Å². The summed E-state index contributed by atoms with van der Waals surface area (Å²) in [6.45, 7) is 6.25. The largest absolute Gasteiger partial charge is 0.306 e. The highest BCUT2D eigenvalue weighted by Gasteiger charge is 2.14. The van der Waals surface area contributed by atoms with Crippen LogP contribution < -0.4 is 0 Å². The van der Waals surface area contributed by atoms with E-state index in [4.69, 9.17) is 0 Å². The monoisotopic (exact) mass is 214 g/mol. The molecule has 0 bridgehead atoms. The minimum atomic E-state index is 0.381. The van der Waals surface area contributed by atoms with Gasteiger partial charge in [0, 0.05) is 6.04 Å². The number of nitrogens with zero attached hydrogens (tertiary/aromatic N) is 4. The van der Waals surface area contributed by atoms with E-state index in [1.807, 2.05) is 23.6 Å². The summed E-state index contributed by atoms with van der Waals surface area (Å²) in [6.07, 6.45) is 0. The van der Waals surface area contributed by atoms with E-state index in [1.165, 1.54) is 5.52 Å². The number of rotatable bonds is 1. The maximum absolute atomic E-state index is 4.49. The van der Waals surface area contributed by atoms with Gasteiger partial charge in [0.05, 0.1) is 11.0 Å². The van der Waals surface area contributed by atoms with Crippen molar-refractivity contribution in [3.05, 3.63) is 30.1 Å². The Kier molecular flexibility index (Phi) is 1.80. The zero-order chi connectivity index (χ0) is 11.3. The summed E-state index contributed by atoms with van der Waals surface area (Å²) in [4.78, 5) is 4.49. The molecular weight excluding hydrogens is 200 g/mol. The number of hydrogen-bond donors (Lipinski definition) is 0. The Labute approximate surface area is 93.5 Å². The Morgan fingerprint density at radius 3 is 2.50 bits per heavy atom. The van der Waals surface area contributed by atoms with Crippen molar-refractivity contribution in [2.24, 2.45) is 0 Å². The van der Waals surface area contributed by atoms with Gasteiger partial charge in [-0.2, -0.15) is 9.50 Å². The molecule has 0 N–H and O–H groups in total. The lowest BCUT2D eigenvalue weighted by Gasteiger charge is -2.07. The van der Waals surface area contributed by atoms with Gasteiger partial charge in [-0.05, 0) is 32.9 Å². The Balaban J connectivity index is 2.56. The van der Waals surface area contributed by atoms with Gasteiger partial charge in [0.2, 0.25) is 5.78 Å². The minimum Gasteiger partial charge on any atom is -0.306 e. The topological polar surface area (TPSA) is 35.1 Å². The highest BCUT2D eigenvalue weighted by Crippen LogP contribution is 2.23. The van der Waals surface area contributed by atoms with Crippen molar-refractivity contribution in [3.8, 4) is 0 Å². The second kappa shape index (κ2) is 3.07. The average Bonchev–Trinajstić information content (AvgIpc) is 2.72. The highest BCUT2D eigenvalue weighted by atomic mass is 15.4. The van der Waals surface area contributed by atoms with Crippen LogP contribution in [0.25, 0.3) is 16.8 Å². The number of para-hydroxylation sites is 2. The molecule has 0 radical (unpaired) electrons. The summed E-state index contributed by atoms with van der Waals surface area (Å²) in [5.74, 6) is 1.74. The molecule has 0 aliphatic carbocycles. The molecule has 0 unspecified atom stereocenters. The van der Waals surface area contributed by atoms with Gasteiger partial charge in [-0.25, -0.2) is 0 Å². The van der Waals surface area contributed by atoms with Gasteiger partial charge in [0.1, 0.15) is 5.82 Å². The van der Waals surface area contributed by atoms with Gasteiger partial charge in [0.25, 0.3) is 0 Å². The normalized spacial score (nSPS) is 12.0. The van der Waals surface area contributed by atoms with Crippen molar-refractivity contribution in [3.63, 3.8) is 0 Å². The van der Waals surface area contributed by atoms with E-state index < -0.39 is 0 Å². The molecule has 0 aliphatic heterocycles. The number of imidazole rings is 1. The lowest BCUT2D eigenvalue weighted by Crippen LogP contribution is -2.00. The fourth-order valence-corrected chi connectivity index (χ4v) is 2.19. The third-order valence-corrected chi connectivity index (χ3v) is 2.80. The number of aromatic nitrogens is 4. The molecule has 4 heteroatoms. The predicted octanol–water partition coefficient (Wildman–Crippen LogP) is 2.57. The summed E-state index contributed by atoms with van der Waals surface area (Å²) in [6, 6.07) is 8.65. The molecule has 2 aromatic heterocycles. The van der Waals surface area contributed by atoms with Crippen LogP contribution in [0.5, 0.6) is 0 Å². The fourth-order valence-electron chi connectivity index (χ4n) is 2.19. The van der Waals surface area contributed by atoms with Crippen LogP contribution in [-0.2, 0) is 0 Å². The first-order chi connectivity index (χ1) is 7.68. The van der Waals surface area contributed by atoms with E-state index in [-0.39, 0.29) is 0 Å². The van der Waals surface area contributed by atoms with E-state index in [1.54, 1.807) is 0 Å². The summed E-state index contributed by atoms with van der Waals surface area (Å²) in [5, 5.41) is 4.43. The zero-order valence-corrected chi connectivity index (χ0v) is 9.68. The summed E-state index contributed by atoms with van der Waals surface area (Å²) in [5.41, 5.74) is 2.30. The average molecular weight is 214 g/mol. The third kappa shape index (κ3) is 1.10. The van der Waals surface area contributed by atoms with E-state index in [9.17, 15) is 0 Å². The third-order valence-electron chi connectivity index (χ3n) is 2.80. The Hall–Kier alpha value is -1.84. The van der Waals surface area contributed by atoms with Crippen LogP contribution in [0, 0.1) is 6.92 Å². The highest BCUT2D eigenvalue weighted by molar-refractivity contribution is 5.80. The molecule has 2 heterocycles. The van der Waals surface area contributed by atoms with Gasteiger partial charge >= 0.3 is 0 Å². The Bertz CT molecular complexity index is 660. The maximum Gasteiger partial charge on any atom is 0.233 e. The quantitative estimate of drug-likeness (QED) is 0.624. The summed E-state index contributed by atoms with van der Waals surface area (Å²) < 4.78 is 4.14. The van der Waals surface area contributed by atoms with Crippen molar-refractivity contribution in [2.75, 3.05) is 0 Å². The number of benzene rings is 1. The van der Waals surface area contributed by atoms with Gasteiger partial charge in [0.15, 0.2) is 0 Å². The lowest BCUT2D eigenvalue weighted by atomic mass is 10.3. The van der Waals surface area contributed by atoms with Gasteiger partial charge in [-0.3, -0.25) is 0 Å². The van der Waals surface area contributed by atoms with E-state index in [0.29, 0.717) is 6.04 Å². The molecule has 0 aliphatic rings. The van der Waals surface area contributed by atoms with Crippen LogP contribution in [0.3, 0.4) is 0 Å². The van der Waals surface area contributed by atoms with E-state index in [2.05, 4.69) is 40.6 Å². The van der Waals surface area contributed by atoms with Crippen molar-refractivity contribution in [2.45, 2.75) is 26.8 Å². The van der Waals surface area contributed by atoms with E-state index in [0.717, 1.165) is 17.1 Å². The van der Waals surface area contributed by atoms with Crippen molar-refractivity contribution < 1.29 is 0 Å². The molecule has 3 aromatic rings. The molecule has 0 saturated carbocycles. The first-order valence-electron chi connectivity index (χ1n) is 5.51. The molecule has 4 nitrogen and oxygen atoms in total. The molecular formula is C12H14N4. The van der Waals surface area contributed by atoms with Crippen molar-refractivity contribution in [1.29, 1.82) is 0 Å². The first kappa shape index (κ1) is 9.39. The number of fused-ring (bicyclic) bond motifs is 3. The van der Waals surface area contributed by atoms with E-state index >= 15 is 0 Å². The molecule has 16 heavy (non-hydrogen) atoms. The number of aryl methyl sites for hydroxylation is 1. The fraction of sp³-hybridized carbons (Fsp3) is 0.333. The van der Waals surface area contributed by atoms with Gasteiger partial charge in [-0.1, -0.05) is 12.1 Å². The molecule has 0 amide bonds. The van der Waals surface area contributed by atoms with Gasteiger partial charge in [-0.15, -0.1) is 5.10 Å². The van der Waals surface area contributed by atoms with Gasteiger partial charge < -0.3 is 4.57 Å². The number of hydrogen-bond acceptors (Lipinski definition) is 2. The lowest BCUT2D eigenvalue weighted by molar-refractivity contribution is 0.631. The predicted molar refractivity (Wildman–Crippen MR) is 63.6 cm³/mol. The first-order valence-corrected chi connectivity index (χ1v) is 5.51. The molecule has 1 aromatic carbocycles. The van der Waals surface area contributed by atoms with Crippen LogP contribution in [0.4, 0.5) is 0 Å². The maximum atomic E-state index is 4.49. The Morgan fingerprint density at radius 2 is 1.81 bits per heavy atom. The minimum absolute atomic E-state index is 0.381. The van der Waals surface area contributed by atoms with Crippen LogP contribution in [0.2, 0.25) is 0 Å². The molecule has 0 fully saturated rings. The summed E-state index contributed by atoms with van der Waals surface area (Å²) in [7, 11) is 0. The zero-order valence-electron chi connectivity index (χ0n) is 9.68. The van der Waals surface area contributed by atoms with Crippen LogP contribution in [0.1, 0.15) is 25.7 Å². The van der Waals surface area contributed by atoms with Crippen LogP contribution in [-0.4, -0.2) is 19.2 Å². The second-order valence-electron chi connectivity index (χ2n) is 4.32. The smallest absolute Gasteiger partial charge is 0.233 e. The molecule has 0 spiro atoms. The Morgan fingerprint density at radius 1 is 1.12 bits per heavy atom. The van der Waals surface area contributed by atoms with Crippen LogP contribution in [0.15, 0.2) is 24.3 Å². The SMILES string of the molecule is Cc1nc2n(C(C)C)c3ccccc3n2n1. The molecule has 3 rings (SSSR count).